The van der Waals surface area contributed by atoms with Crippen molar-refractivity contribution in [2.75, 3.05) is 0 Å². The molecule has 0 bridgehead atoms. The summed E-state index contributed by atoms with van der Waals surface area (Å²) in [6.45, 7) is 4.40. The van der Waals surface area contributed by atoms with E-state index >= 15 is 0 Å². The molecule has 2 heteroatoms. The van der Waals surface area contributed by atoms with Crippen molar-refractivity contribution in [2.24, 2.45) is 11.8 Å². The maximum Gasteiger partial charge on any atom is 0.166 e. The summed E-state index contributed by atoms with van der Waals surface area (Å²) in [6.07, 6.45) is 9.87. The third-order valence-corrected chi connectivity index (χ3v) is 5.12. The van der Waals surface area contributed by atoms with E-state index in [0.29, 0.717) is 23.0 Å². The quantitative estimate of drug-likeness (QED) is 0.595. The lowest BCUT2D eigenvalue weighted by molar-refractivity contribution is 0.495. The largest absolute Gasteiger partial charge is 0.203 e. The number of allylic oxidation sites excluding steroid dienone is 4. The van der Waals surface area contributed by atoms with E-state index in [2.05, 4.69) is 26.0 Å². The number of hydrogen-bond acceptors (Lipinski definition) is 0. The Kier molecular flexibility index (Phi) is 4.46. The fourth-order valence-corrected chi connectivity index (χ4v) is 3.47. The maximum absolute atomic E-state index is 14.5. The molecule has 22 heavy (non-hydrogen) atoms. The molecule has 2 atom stereocenters. The molecule has 2 aliphatic rings. The molecule has 0 aliphatic heterocycles. The number of hydrogen-bond donors (Lipinski definition) is 0. The Balaban J connectivity index is 1.92. The molecule has 1 aromatic carbocycles. The van der Waals surface area contributed by atoms with Crippen molar-refractivity contribution in [3.63, 3.8) is 0 Å². The minimum absolute atomic E-state index is 0.456. The number of benzene rings is 1. The van der Waals surface area contributed by atoms with Gasteiger partial charge in [-0.25, -0.2) is 8.78 Å². The third kappa shape index (κ3) is 3.02. The molecule has 1 aromatic rings. The Morgan fingerprint density at radius 3 is 1.50 bits per heavy atom. The fourth-order valence-electron chi connectivity index (χ4n) is 3.47. The monoisotopic (exact) mass is 302 g/mol. The smallest absolute Gasteiger partial charge is 0.166 e. The molecule has 0 nitrogen and oxygen atoms in total. The summed E-state index contributed by atoms with van der Waals surface area (Å²) in [7, 11) is 0. The summed E-state index contributed by atoms with van der Waals surface area (Å²) in [5, 5.41) is 0. The number of rotatable bonds is 2. The van der Waals surface area contributed by atoms with Gasteiger partial charge in [-0.2, -0.15) is 0 Å². The van der Waals surface area contributed by atoms with Crippen LogP contribution < -0.4 is 0 Å². The van der Waals surface area contributed by atoms with Gasteiger partial charge in [0.15, 0.2) is 11.6 Å². The molecule has 0 radical (unpaired) electrons. The first-order chi connectivity index (χ1) is 10.6. The van der Waals surface area contributed by atoms with Crippen molar-refractivity contribution in [2.45, 2.75) is 52.4 Å². The maximum atomic E-state index is 14.5. The lowest BCUT2D eigenvalue weighted by atomic mass is 9.85. The first-order valence-corrected chi connectivity index (χ1v) is 8.43. The lowest BCUT2D eigenvalue weighted by Crippen LogP contribution is -2.06. The van der Waals surface area contributed by atoms with E-state index in [0.717, 1.165) is 49.7 Å². The van der Waals surface area contributed by atoms with Crippen LogP contribution in [0.5, 0.6) is 0 Å². The van der Waals surface area contributed by atoms with Crippen LogP contribution in [0.4, 0.5) is 8.78 Å². The zero-order valence-electron chi connectivity index (χ0n) is 13.5. The molecule has 0 amide bonds. The van der Waals surface area contributed by atoms with Gasteiger partial charge < -0.3 is 0 Å². The van der Waals surface area contributed by atoms with Gasteiger partial charge in [0.1, 0.15) is 0 Å². The predicted octanol–water partition coefficient (Wildman–Crippen LogP) is 6.37. The summed E-state index contributed by atoms with van der Waals surface area (Å²) in [4.78, 5) is 0. The molecule has 0 N–H and O–H groups in total. The number of halogens is 2. The Morgan fingerprint density at radius 1 is 0.773 bits per heavy atom. The van der Waals surface area contributed by atoms with Crippen molar-refractivity contribution in [1.82, 2.24) is 0 Å². The minimum Gasteiger partial charge on any atom is -0.203 e. The second kappa shape index (κ2) is 6.36. The first kappa shape index (κ1) is 15.5. The summed E-state index contributed by atoms with van der Waals surface area (Å²) in [6, 6.07) is 3.54. The molecule has 118 valence electrons. The highest BCUT2D eigenvalue weighted by molar-refractivity contribution is 5.72. The van der Waals surface area contributed by atoms with Crippen LogP contribution in [0, 0.1) is 23.5 Å². The van der Waals surface area contributed by atoms with Gasteiger partial charge in [0.25, 0.3) is 0 Å². The van der Waals surface area contributed by atoms with E-state index in [1.807, 2.05) is 0 Å². The van der Waals surface area contributed by atoms with E-state index in [-0.39, 0.29) is 0 Å². The summed E-state index contributed by atoms with van der Waals surface area (Å²) in [5.74, 6) is -0.0497. The van der Waals surface area contributed by atoms with Crippen LogP contribution in [0.25, 0.3) is 11.1 Å². The van der Waals surface area contributed by atoms with E-state index in [1.54, 1.807) is 12.1 Å². The Labute approximate surface area is 131 Å². The van der Waals surface area contributed by atoms with Crippen LogP contribution in [-0.2, 0) is 0 Å². The first-order valence-electron chi connectivity index (χ1n) is 8.43. The summed E-state index contributed by atoms with van der Waals surface area (Å²) < 4.78 is 29.1. The second-order valence-electron chi connectivity index (χ2n) is 7.01. The van der Waals surface area contributed by atoms with Gasteiger partial charge in [-0.3, -0.25) is 0 Å². The molecular formula is C20H24F2. The van der Waals surface area contributed by atoms with Crippen LogP contribution in [0.1, 0.15) is 63.5 Å². The topological polar surface area (TPSA) is 0 Å². The lowest BCUT2D eigenvalue weighted by Gasteiger charge is -2.21. The molecule has 0 aromatic heterocycles. The van der Waals surface area contributed by atoms with Crippen molar-refractivity contribution in [3.05, 3.63) is 47.0 Å². The van der Waals surface area contributed by atoms with E-state index in [9.17, 15) is 8.78 Å². The highest BCUT2D eigenvalue weighted by atomic mass is 19.2. The highest BCUT2D eigenvalue weighted by Gasteiger charge is 2.21. The molecule has 2 aliphatic carbocycles. The predicted molar refractivity (Wildman–Crippen MR) is 88.3 cm³/mol. The zero-order chi connectivity index (χ0) is 15.7. The van der Waals surface area contributed by atoms with Gasteiger partial charge >= 0.3 is 0 Å². The van der Waals surface area contributed by atoms with Crippen LogP contribution in [-0.4, -0.2) is 0 Å². The highest BCUT2D eigenvalue weighted by Crippen LogP contribution is 2.36. The minimum atomic E-state index is -0.669. The van der Waals surface area contributed by atoms with Gasteiger partial charge in [-0.15, -0.1) is 0 Å². The molecule has 2 unspecified atom stereocenters. The molecule has 0 saturated heterocycles. The van der Waals surface area contributed by atoms with E-state index < -0.39 is 11.6 Å². The van der Waals surface area contributed by atoms with Gasteiger partial charge in [0.2, 0.25) is 0 Å². The average Bonchev–Trinajstić information content (AvgIpc) is 2.52. The van der Waals surface area contributed by atoms with Gasteiger partial charge in [0.05, 0.1) is 0 Å². The molecule has 0 spiro atoms. The van der Waals surface area contributed by atoms with Gasteiger partial charge in [-0.1, -0.05) is 38.1 Å². The van der Waals surface area contributed by atoms with Crippen LogP contribution in [0.2, 0.25) is 0 Å². The molecule has 0 fully saturated rings. The normalized spacial score (nSPS) is 25.6. The second-order valence-corrected chi connectivity index (χ2v) is 7.01. The fraction of sp³-hybridized carbons (Fsp3) is 0.500. The standard InChI is InChI=1S/C20H24F2/c1-13-3-7-15(8-4-13)17-11-12-18(20(22)19(17)21)16-9-5-14(2)6-10-16/h7,9,11-14H,3-6,8,10H2,1-2H3. The zero-order valence-corrected chi connectivity index (χ0v) is 13.5. The molecular weight excluding hydrogens is 278 g/mol. The molecule has 3 rings (SSSR count). The molecule has 0 heterocycles. The molecule has 0 saturated carbocycles. The van der Waals surface area contributed by atoms with Gasteiger partial charge in [0, 0.05) is 11.1 Å². The van der Waals surface area contributed by atoms with Crippen LogP contribution in [0.3, 0.4) is 0 Å². The van der Waals surface area contributed by atoms with Crippen molar-refractivity contribution < 1.29 is 8.78 Å². The average molecular weight is 302 g/mol. The Morgan fingerprint density at radius 2 is 1.18 bits per heavy atom. The SMILES string of the molecule is CC1CC=C(c2ccc(C3=CCC(C)CC3)c(F)c2F)CC1. The third-order valence-electron chi connectivity index (χ3n) is 5.12. The van der Waals surface area contributed by atoms with Crippen LogP contribution >= 0.6 is 0 Å². The van der Waals surface area contributed by atoms with Crippen molar-refractivity contribution in [1.29, 1.82) is 0 Å². The Hall–Kier alpha value is -1.44. The van der Waals surface area contributed by atoms with Crippen molar-refractivity contribution in [3.8, 4) is 0 Å². The van der Waals surface area contributed by atoms with Gasteiger partial charge in [-0.05, 0) is 61.5 Å². The Bertz CT molecular complexity index is 570. The van der Waals surface area contributed by atoms with E-state index in [4.69, 9.17) is 0 Å². The van der Waals surface area contributed by atoms with Crippen molar-refractivity contribution >= 4 is 11.1 Å². The van der Waals surface area contributed by atoms with E-state index in [1.165, 1.54) is 0 Å². The summed E-state index contributed by atoms with van der Waals surface area (Å²) in [5.41, 5.74) is 2.84. The van der Waals surface area contributed by atoms with Crippen LogP contribution in [0.15, 0.2) is 24.3 Å². The summed E-state index contributed by atoms with van der Waals surface area (Å²) >= 11 is 0.